The van der Waals surface area contributed by atoms with Gasteiger partial charge in [-0.05, 0) is 34.0 Å². The summed E-state index contributed by atoms with van der Waals surface area (Å²) in [6.45, 7) is 30.4. The molecule has 0 aromatic rings. The van der Waals surface area contributed by atoms with Gasteiger partial charge in [-0.1, -0.05) is 98.9 Å². The van der Waals surface area contributed by atoms with E-state index < -0.39 is 13.5 Å². The minimum atomic E-state index is -1.43. The van der Waals surface area contributed by atoms with Crippen LogP contribution in [0.2, 0.25) is 0 Å². The molecule has 0 saturated heterocycles. The summed E-state index contributed by atoms with van der Waals surface area (Å²) in [5, 5.41) is 0. The molecule has 0 N–H and O–H groups in total. The zero-order valence-electron chi connectivity index (χ0n) is 21.9. The zero-order chi connectivity index (χ0) is 23.7. The molecule has 0 bridgehead atoms. The Labute approximate surface area is 202 Å². The SMILES string of the molecule is CC(C)P(C(C)C)C(C)C.CC(C)P(C(C)C)C(C)C.CCCCC[CH]=[Ru]([Cl])[Cl]. The second kappa shape index (κ2) is 21.8. The Morgan fingerprint density at radius 3 is 1.00 bits per heavy atom. The average molecular weight is 577 g/mol. The van der Waals surface area contributed by atoms with Crippen LogP contribution in [0.3, 0.4) is 0 Å². The van der Waals surface area contributed by atoms with Crippen LogP contribution < -0.4 is 0 Å². The molecule has 0 fully saturated rings. The Morgan fingerprint density at radius 1 is 0.586 bits per heavy atom. The molecule has 0 amide bonds. The summed E-state index contributed by atoms with van der Waals surface area (Å²) >= 11 is -1.43. The fourth-order valence-corrected chi connectivity index (χ4v) is 12.9. The minimum absolute atomic E-state index is 0.262. The van der Waals surface area contributed by atoms with E-state index in [1.54, 1.807) is 0 Å². The normalized spacial score (nSPS) is 12.2. The van der Waals surface area contributed by atoms with E-state index in [-0.39, 0.29) is 15.8 Å². The van der Waals surface area contributed by atoms with Crippen LogP contribution in [-0.4, -0.2) is 38.6 Å². The zero-order valence-corrected chi connectivity index (χ0v) is 26.9. The second-order valence-corrected chi connectivity index (χ2v) is 23.2. The average Bonchev–Trinajstić information content (AvgIpc) is 2.50. The molecule has 0 atom stereocenters. The van der Waals surface area contributed by atoms with Crippen LogP contribution in [0, 0.1) is 0 Å². The van der Waals surface area contributed by atoms with E-state index in [4.69, 9.17) is 19.4 Å². The van der Waals surface area contributed by atoms with Crippen molar-refractivity contribution in [1.82, 2.24) is 0 Å². The van der Waals surface area contributed by atoms with E-state index in [1.807, 2.05) is 0 Å². The maximum absolute atomic E-state index is 5.61. The molecule has 29 heavy (non-hydrogen) atoms. The van der Waals surface area contributed by atoms with Crippen LogP contribution >= 0.6 is 35.2 Å². The van der Waals surface area contributed by atoms with Gasteiger partial charge in [-0.15, -0.1) is 0 Å². The molecule has 0 unspecified atom stereocenters. The Morgan fingerprint density at radius 2 is 0.862 bits per heavy atom. The molecular weight excluding hydrogens is 522 g/mol. The third-order valence-electron chi connectivity index (χ3n) is 4.60. The van der Waals surface area contributed by atoms with Gasteiger partial charge in [-0.3, -0.25) is 0 Å². The molecular formula is C24H54Cl2P2Ru. The molecule has 182 valence electrons. The summed E-state index contributed by atoms with van der Waals surface area (Å²) in [5.41, 5.74) is 5.39. The monoisotopic (exact) mass is 576 g/mol. The topological polar surface area (TPSA) is 0 Å². The van der Waals surface area contributed by atoms with Crippen molar-refractivity contribution in [3.05, 3.63) is 0 Å². The van der Waals surface area contributed by atoms with Crippen molar-refractivity contribution in [1.29, 1.82) is 0 Å². The quantitative estimate of drug-likeness (QED) is 0.138. The Balaban J connectivity index is -0.000000350. The first-order chi connectivity index (χ1) is 13.2. The summed E-state index contributed by atoms with van der Waals surface area (Å²) in [6, 6.07) is 0. The molecule has 0 rings (SSSR count). The third-order valence-corrected chi connectivity index (χ3v) is 14.1. The molecule has 0 heterocycles. The third kappa shape index (κ3) is 22.9. The maximum atomic E-state index is 5.61. The van der Waals surface area contributed by atoms with Crippen molar-refractivity contribution in [2.45, 2.75) is 150 Å². The van der Waals surface area contributed by atoms with Crippen LogP contribution in [0.4, 0.5) is 0 Å². The van der Waals surface area contributed by atoms with E-state index in [2.05, 4.69) is 94.6 Å². The summed E-state index contributed by atoms with van der Waals surface area (Å²) in [4.78, 5) is 0. The van der Waals surface area contributed by atoms with Crippen molar-refractivity contribution < 1.29 is 13.5 Å². The van der Waals surface area contributed by atoms with E-state index >= 15 is 0 Å². The van der Waals surface area contributed by atoms with E-state index in [0.29, 0.717) is 0 Å². The summed E-state index contributed by atoms with van der Waals surface area (Å²) < 4.78 is 2.07. The van der Waals surface area contributed by atoms with E-state index in [9.17, 15) is 0 Å². The fourth-order valence-electron chi connectivity index (χ4n) is 4.12. The van der Waals surface area contributed by atoms with Crippen molar-refractivity contribution in [3.63, 3.8) is 0 Å². The van der Waals surface area contributed by atoms with E-state index in [0.717, 1.165) is 40.4 Å². The summed E-state index contributed by atoms with van der Waals surface area (Å²) in [7, 11) is 11.7. The Bertz CT molecular complexity index is 315. The first-order valence-corrected chi connectivity index (χ1v) is 20.1. The molecule has 0 spiro atoms. The number of rotatable bonds is 10. The van der Waals surface area contributed by atoms with Gasteiger partial charge in [-0.25, -0.2) is 0 Å². The second-order valence-electron chi connectivity index (χ2n) is 9.30. The Kier molecular flexibility index (Phi) is 26.7. The van der Waals surface area contributed by atoms with Gasteiger partial charge in [0.25, 0.3) is 0 Å². The van der Waals surface area contributed by atoms with Crippen LogP contribution in [0.15, 0.2) is 0 Å². The number of halogens is 2. The van der Waals surface area contributed by atoms with Gasteiger partial charge in [0, 0.05) is 0 Å². The van der Waals surface area contributed by atoms with Crippen LogP contribution in [0.1, 0.15) is 116 Å². The molecule has 0 radical (unpaired) electrons. The van der Waals surface area contributed by atoms with Crippen molar-refractivity contribution in [2.24, 2.45) is 0 Å². The molecule has 0 aromatic heterocycles. The number of hydrogen-bond donors (Lipinski definition) is 0. The van der Waals surface area contributed by atoms with Gasteiger partial charge in [0.05, 0.1) is 0 Å². The fraction of sp³-hybridized carbons (Fsp3) is 0.958. The number of hydrogen-bond acceptors (Lipinski definition) is 0. The molecule has 5 heteroatoms. The van der Waals surface area contributed by atoms with Crippen molar-refractivity contribution in [2.75, 3.05) is 0 Å². The first kappa shape index (κ1) is 35.5. The van der Waals surface area contributed by atoms with E-state index in [1.165, 1.54) is 19.3 Å². The molecule has 0 nitrogen and oxygen atoms in total. The standard InChI is InChI=1S/2C9H21P.C6H12.2ClH.Ru/c2*1-7(2)10(8(3)4)9(5)6;1-3-5-6-4-2;;;/h2*7-9H,1-6H3;1H,3-6H2,2H3;2*1H;/q;;;;;+2/p-2. The number of unbranched alkanes of at least 4 members (excludes halogenated alkanes) is 3. The van der Waals surface area contributed by atoms with Gasteiger partial charge in [0.15, 0.2) is 0 Å². The summed E-state index contributed by atoms with van der Waals surface area (Å²) in [6.07, 6.45) is 4.93. The predicted molar refractivity (Wildman–Crippen MR) is 147 cm³/mol. The van der Waals surface area contributed by atoms with Crippen molar-refractivity contribution >= 4 is 39.8 Å². The van der Waals surface area contributed by atoms with Gasteiger partial charge >= 0.3 is 70.1 Å². The molecule has 0 aromatic carbocycles. The molecule has 0 saturated carbocycles. The van der Waals surface area contributed by atoms with Gasteiger partial charge in [-0.2, -0.15) is 0 Å². The first-order valence-electron chi connectivity index (χ1n) is 11.6. The predicted octanol–water partition coefficient (Wildman–Crippen LogP) is 10.7. The van der Waals surface area contributed by atoms with Crippen LogP contribution in [0.25, 0.3) is 0 Å². The van der Waals surface area contributed by atoms with Gasteiger partial charge in [0.2, 0.25) is 0 Å². The summed E-state index contributed by atoms with van der Waals surface area (Å²) in [5.74, 6) is 0. The van der Waals surface area contributed by atoms with Crippen molar-refractivity contribution in [3.8, 4) is 0 Å². The van der Waals surface area contributed by atoms with Gasteiger partial charge in [0.1, 0.15) is 0 Å². The Hall–Kier alpha value is 1.93. The van der Waals surface area contributed by atoms with Gasteiger partial charge < -0.3 is 0 Å². The molecule has 0 aliphatic heterocycles. The molecule has 0 aliphatic carbocycles. The van der Waals surface area contributed by atoms with Crippen LogP contribution in [-0.2, 0) is 13.5 Å². The van der Waals surface area contributed by atoms with Crippen LogP contribution in [0.5, 0.6) is 0 Å². The molecule has 0 aliphatic rings.